The van der Waals surface area contributed by atoms with Crippen LogP contribution in [0, 0.1) is 5.92 Å². The lowest BCUT2D eigenvalue weighted by Crippen LogP contribution is -2.40. The van der Waals surface area contributed by atoms with Crippen molar-refractivity contribution >= 4 is 5.91 Å². The van der Waals surface area contributed by atoms with Crippen LogP contribution in [0.1, 0.15) is 46.1 Å². The summed E-state index contributed by atoms with van der Waals surface area (Å²) in [7, 11) is 0. The standard InChI is InChI=1S/C25H26N2O2/c28-25-22-10-5-4-9-21(22)18-27(25)17-19-12-14-26(15-13-19)24(23-11-6-16-29-23)20-7-2-1-3-8-20/h1-11,16,19,24H,12-15,17-18H2. The summed E-state index contributed by atoms with van der Waals surface area (Å²) in [6, 6.07) is 22.8. The summed E-state index contributed by atoms with van der Waals surface area (Å²) in [6.45, 7) is 3.65. The van der Waals surface area contributed by atoms with Crippen molar-refractivity contribution in [3.63, 3.8) is 0 Å². The molecule has 1 amide bonds. The van der Waals surface area contributed by atoms with Gasteiger partial charge in [0.1, 0.15) is 5.76 Å². The third-order valence-electron chi connectivity index (χ3n) is 6.32. The summed E-state index contributed by atoms with van der Waals surface area (Å²) in [6.07, 6.45) is 3.96. The van der Waals surface area contributed by atoms with E-state index in [4.69, 9.17) is 4.42 Å². The predicted molar refractivity (Wildman–Crippen MR) is 112 cm³/mol. The number of piperidine rings is 1. The molecular formula is C25H26N2O2. The van der Waals surface area contributed by atoms with Crippen LogP contribution < -0.4 is 0 Å². The Labute approximate surface area is 171 Å². The van der Waals surface area contributed by atoms with Crippen molar-refractivity contribution in [2.45, 2.75) is 25.4 Å². The average Bonchev–Trinajstić information content (AvgIpc) is 3.40. The number of benzene rings is 2. The number of rotatable bonds is 5. The van der Waals surface area contributed by atoms with Gasteiger partial charge in [-0.3, -0.25) is 9.69 Å². The van der Waals surface area contributed by atoms with Crippen LogP contribution in [0.25, 0.3) is 0 Å². The second kappa shape index (κ2) is 7.88. The molecular weight excluding hydrogens is 360 g/mol. The lowest BCUT2D eigenvalue weighted by Gasteiger charge is -2.38. The summed E-state index contributed by atoms with van der Waals surface area (Å²) >= 11 is 0. The molecule has 2 aliphatic heterocycles. The second-order valence-electron chi connectivity index (χ2n) is 8.15. The van der Waals surface area contributed by atoms with E-state index in [0.717, 1.165) is 55.9 Å². The van der Waals surface area contributed by atoms with Crippen molar-refractivity contribution in [2.75, 3.05) is 19.6 Å². The van der Waals surface area contributed by atoms with Crippen LogP contribution in [-0.2, 0) is 6.54 Å². The van der Waals surface area contributed by atoms with Gasteiger partial charge in [0.25, 0.3) is 5.91 Å². The fraction of sp³-hybridized carbons (Fsp3) is 0.320. The van der Waals surface area contributed by atoms with E-state index in [9.17, 15) is 4.79 Å². The van der Waals surface area contributed by atoms with Gasteiger partial charge in [0.05, 0.1) is 12.3 Å². The molecule has 0 radical (unpaired) electrons. The van der Waals surface area contributed by atoms with E-state index in [1.807, 2.05) is 29.2 Å². The van der Waals surface area contributed by atoms with Crippen LogP contribution in [0.4, 0.5) is 0 Å². The van der Waals surface area contributed by atoms with Crippen LogP contribution in [-0.4, -0.2) is 35.3 Å². The third kappa shape index (κ3) is 3.60. The number of amides is 1. The minimum atomic E-state index is 0.157. The number of hydrogen-bond donors (Lipinski definition) is 0. The minimum Gasteiger partial charge on any atom is -0.467 e. The molecule has 0 spiro atoms. The third-order valence-corrected chi connectivity index (χ3v) is 6.32. The van der Waals surface area contributed by atoms with Gasteiger partial charge in [0.2, 0.25) is 0 Å². The number of fused-ring (bicyclic) bond motifs is 1. The summed E-state index contributed by atoms with van der Waals surface area (Å²) in [4.78, 5) is 17.2. The van der Waals surface area contributed by atoms with Gasteiger partial charge < -0.3 is 9.32 Å². The number of carbonyl (C=O) groups is 1. The highest BCUT2D eigenvalue weighted by Crippen LogP contribution is 2.33. The van der Waals surface area contributed by atoms with Gasteiger partial charge in [-0.15, -0.1) is 0 Å². The van der Waals surface area contributed by atoms with Crippen molar-refractivity contribution in [3.8, 4) is 0 Å². The van der Waals surface area contributed by atoms with E-state index in [-0.39, 0.29) is 11.9 Å². The highest BCUT2D eigenvalue weighted by Gasteiger charge is 2.32. The van der Waals surface area contributed by atoms with Crippen molar-refractivity contribution in [1.82, 2.24) is 9.80 Å². The monoisotopic (exact) mass is 386 g/mol. The first kappa shape index (κ1) is 18.2. The van der Waals surface area contributed by atoms with E-state index in [1.165, 1.54) is 5.56 Å². The Bertz CT molecular complexity index is 960. The lowest BCUT2D eigenvalue weighted by atomic mass is 9.93. The zero-order valence-electron chi connectivity index (χ0n) is 16.5. The Morgan fingerprint density at radius 2 is 1.69 bits per heavy atom. The van der Waals surface area contributed by atoms with Crippen LogP contribution in [0.5, 0.6) is 0 Å². The first-order valence-electron chi connectivity index (χ1n) is 10.5. The number of likely N-dealkylation sites (tertiary alicyclic amines) is 1. The fourth-order valence-corrected chi connectivity index (χ4v) is 4.80. The first-order chi connectivity index (χ1) is 14.3. The molecule has 5 rings (SSSR count). The topological polar surface area (TPSA) is 36.7 Å². The molecule has 4 nitrogen and oxygen atoms in total. The second-order valence-corrected chi connectivity index (χ2v) is 8.15. The molecule has 29 heavy (non-hydrogen) atoms. The van der Waals surface area contributed by atoms with Gasteiger partial charge in [-0.05, 0) is 61.2 Å². The molecule has 1 aromatic heterocycles. The molecule has 0 saturated carbocycles. The Balaban J connectivity index is 1.25. The normalized spacial score (nSPS) is 18.8. The molecule has 0 N–H and O–H groups in total. The first-order valence-corrected chi connectivity index (χ1v) is 10.5. The van der Waals surface area contributed by atoms with E-state index in [1.54, 1.807) is 6.26 Å². The molecule has 148 valence electrons. The summed E-state index contributed by atoms with van der Waals surface area (Å²) in [5.74, 6) is 1.75. The number of nitrogens with zero attached hydrogens (tertiary/aromatic N) is 2. The molecule has 1 fully saturated rings. The smallest absolute Gasteiger partial charge is 0.254 e. The zero-order valence-corrected chi connectivity index (χ0v) is 16.5. The maximum Gasteiger partial charge on any atom is 0.254 e. The van der Waals surface area contributed by atoms with Crippen LogP contribution in [0.15, 0.2) is 77.4 Å². The van der Waals surface area contributed by atoms with Crippen LogP contribution >= 0.6 is 0 Å². The van der Waals surface area contributed by atoms with E-state index in [0.29, 0.717) is 5.92 Å². The molecule has 2 aromatic carbocycles. The van der Waals surface area contributed by atoms with Gasteiger partial charge in [0, 0.05) is 18.7 Å². The molecule has 1 saturated heterocycles. The highest BCUT2D eigenvalue weighted by atomic mass is 16.3. The Kier molecular flexibility index (Phi) is 4.94. The van der Waals surface area contributed by atoms with Crippen LogP contribution in [0.2, 0.25) is 0 Å². The van der Waals surface area contributed by atoms with E-state index >= 15 is 0 Å². The molecule has 4 heteroatoms. The van der Waals surface area contributed by atoms with Gasteiger partial charge in [-0.1, -0.05) is 48.5 Å². The predicted octanol–water partition coefficient (Wildman–Crippen LogP) is 4.74. The zero-order chi connectivity index (χ0) is 19.6. The van der Waals surface area contributed by atoms with Gasteiger partial charge in [-0.2, -0.15) is 0 Å². The van der Waals surface area contributed by atoms with Gasteiger partial charge >= 0.3 is 0 Å². The van der Waals surface area contributed by atoms with E-state index < -0.39 is 0 Å². The number of carbonyl (C=O) groups excluding carboxylic acids is 1. The quantitative estimate of drug-likeness (QED) is 0.636. The van der Waals surface area contributed by atoms with Gasteiger partial charge in [-0.25, -0.2) is 0 Å². The molecule has 3 aromatic rings. The molecule has 1 atom stereocenters. The Morgan fingerprint density at radius 3 is 2.41 bits per heavy atom. The summed E-state index contributed by atoms with van der Waals surface area (Å²) in [5.41, 5.74) is 3.31. The number of furan rings is 1. The molecule has 0 bridgehead atoms. The van der Waals surface area contributed by atoms with E-state index in [2.05, 4.69) is 47.4 Å². The highest BCUT2D eigenvalue weighted by molar-refractivity contribution is 5.98. The van der Waals surface area contributed by atoms with Crippen molar-refractivity contribution in [3.05, 3.63) is 95.4 Å². The Morgan fingerprint density at radius 1 is 0.931 bits per heavy atom. The maximum atomic E-state index is 12.7. The van der Waals surface area contributed by atoms with Gasteiger partial charge in [0.15, 0.2) is 0 Å². The van der Waals surface area contributed by atoms with Crippen molar-refractivity contribution in [1.29, 1.82) is 0 Å². The Hall–Kier alpha value is -2.85. The molecule has 0 aliphatic carbocycles. The largest absolute Gasteiger partial charge is 0.467 e. The lowest BCUT2D eigenvalue weighted by molar-refractivity contribution is 0.0693. The summed E-state index contributed by atoms with van der Waals surface area (Å²) in [5, 5.41) is 0. The summed E-state index contributed by atoms with van der Waals surface area (Å²) < 4.78 is 5.79. The average molecular weight is 386 g/mol. The minimum absolute atomic E-state index is 0.157. The van der Waals surface area contributed by atoms with Crippen molar-refractivity contribution in [2.24, 2.45) is 5.92 Å². The molecule has 2 aliphatic rings. The van der Waals surface area contributed by atoms with Crippen LogP contribution in [0.3, 0.4) is 0 Å². The maximum absolute atomic E-state index is 12.7. The van der Waals surface area contributed by atoms with Crippen molar-refractivity contribution < 1.29 is 9.21 Å². The molecule has 1 unspecified atom stereocenters. The molecule has 3 heterocycles. The number of hydrogen-bond acceptors (Lipinski definition) is 3. The fourth-order valence-electron chi connectivity index (χ4n) is 4.80. The SMILES string of the molecule is O=C1c2ccccc2CN1CC1CCN(C(c2ccccc2)c2ccco2)CC1.